The number of hydrogen-bond donors (Lipinski definition) is 0. The first kappa shape index (κ1) is 17.2. The van der Waals surface area contributed by atoms with Crippen LogP contribution in [0.2, 0.25) is 0 Å². The minimum absolute atomic E-state index is 0.0190. The van der Waals surface area contributed by atoms with E-state index < -0.39 is 0 Å². The average molecular weight is 368 g/mol. The van der Waals surface area contributed by atoms with Gasteiger partial charge in [0, 0.05) is 18.7 Å². The van der Waals surface area contributed by atoms with Crippen LogP contribution in [-0.2, 0) is 0 Å². The molecule has 140 valence electrons. The normalized spacial score (nSPS) is 16.7. The van der Waals surface area contributed by atoms with Crippen LogP contribution in [0.3, 0.4) is 0 Å². The second kappa shape index (κ2) is 6.82. The maximum absolute atomic E-state index is 12.9. The molecule has 0 aliphatic carbocycles. The van der Waals surface area contributed by atoms with Crippen molar-refractivity contribution in [2.24, 2.45) is 0 Å². The van der Waals surface area contributed by atoms with Gasteiger partial charge in [-0.25, -0.2) is 4.68 Å². The molecule has 1 amide bonds. The smallest absolute Gasteiger partial charge is 0.280 e. The van der Waals surface area contributed by atoms with Gasteiger partial charge in [-0.15, -0.1) is 5.10 Å². The van der Waals surface area contributed by atoms with Gasteiger partial charge >= 0.3 is 0 Å². The number of amides is 1. The fourth-order valence-electron chi connectivity index (χ4n) is 3.27. The highest BCUT2D eigenvalue weighted by atomic mass is 16.5. The minimum Gasteiger partial charge on any atom is -0.497 e. The van der Waals surface area contributed by atoms with Gasteiger partial charge < -0.3 is 14.2 Å². The Kier molecular flexibility index (Phi) is 4.35. The van der Waals surface area contributed by atoms with Crippen LogP contribution in [0.15, 0.2) is 28.9 Å². The van der Waals surface area contributed by atoms with Crippen molar-refractivity contribution < 1.29 is 14.1 Å². The monoisotopic (exact) mass is 368 g/mol. The molecule has 1 aliphatic heterocycles. The second-order valence-electron chi connectivity index (χ2n) is 6.61. The summed E-state index contributed by atoms with van der Waals surface area (Å²) in [6.07, 6.45) is 2.59. The van der Waals surface area contributed by atoms with Crippen molar-refractivity contribution in [2.75, 3.05) is 20.2 Å². The zero-order chi connectivity index (χ0) is 19.0. The van der Waals surface area contributed by atoms with Gasteiger partial charge in [0.1, 0.15) is 5.75 Å². The molecule has 1 saturated heterocycles. The van der Waals surface area contributed by atoms with E-state index in [-0.39, 0.29) is 11.9 Å². The molecule has 0 N–H and O–H groups in total. The molecule has 1 atom stereocenters. The van der Waals surface area contributed by atoms with Crippen LogP contribution in [0.5, 0.6) is 5.75 Å². The standard InChI is InChI=1S/C18H20N6O3/c1-11-8-14(26-3)4-5-15(11)18(25)23-7-6-13(9-23)24-10-16(20-22-24)17-19-12(2)21-27-17/h4-5,8,10,13H,6-7,9H2,1-3H3/t13-/m1/s1. The summed E-state index contributed by atoms with van der Waals surface area (Å²) in [5.41, 5.74) is 2.13. The molecule has 1 aliphatic rings. The third-order valence-electron chi connectivity index (χ3n) is 4.75. The van der Waals surface area contributed by atoms with E-state index >= 15 is 0 Å². The second-order valence-corrected chi connectivity index (χ2v) is 6.61. The summed E-state index contributed by atoms with van der Waals surface area (Å²) in [7, 11) is 1.61. The topological polar surface area (TPSA) is 99.2 Å². The van der Waals surface area contributed by atoms with Crippen LogP contribution in [0.1, 0.15) is 34.2 Å². The number of ether oxygens (including phenoxy) is 1. The van der Waals surface area contributed by atoms with Crippen LogP contribution >= 0.6 is 0 Å². The van der Waals surface area contributed by atoms with Crippen LogP contribution in [0.4, 0.5) is 0 Å². The number of benzene rings is 1. The maximum Gasteiger partial charge on any atom is 0.280 e. The van der Waals surface area contributed by atoms with Crippen molar-refractivity contribution in [1.29, 1.82) is 0 Å². The van der Waals surface area contributed by atoms with Crippen molar-refractivity contribution in [3.05, 3.63) is 41.3 Å². The van der Waals surface area contributed by atoms with E-state index in [1.165, 1.54) is 0 Å². The lowest BCUT2D eigenvalue weighted by atomic mass is 10.1. The molecule has 0 unspecified atom stereocenters. The number of hydrogen-bond acceptors (Lipinski definition) is 7. The Morgan fingerprint density at radius 1 is 1.33 bits per heavy atom. The third-order valence-corrected chi connectivity index (χ3v) is 4.75. The van der Waals surface area contributed by atoms with Crippen LogP contribution in [0, 0.1) is 13.8 Å². The lowest BCUT2D eigenvalue weighted by molar-refractivity contribution is 0.0786. The lowest BCUT2D eigenvalue weighted by Crippen LogP contribution is -2.29. The maximum atomic E-state index is 12.9. The number of carbonyl (C=O) groups is 1. The van der Waals surface area contributed by atoms with E-state index in [1.807, 2.05) is 30.0 Å². The SMILES string of the molecule is COc1ccc(C(=O)N2CC[C@@H](n3cc(-c4nc(C)no4)nn3)C2)c(C)c1. The van der Waals surface area contributed by atoms with Gasteiger partial charge in [0.2, 0.25) is 0 Å². The van der Waals surface area contributed by atoms with Gasteiger partial charge in [-0.05, 0) is 44.0 Å². The molecule has 2 aromatic heterocycles. The Labute approximate surface area is 155 Å². The van der Waals surface area contributed by atoms with E-state index in [4.69, 9.17) is 9.26 Å². The Bertz CT molecular complexity index is 979. The predicted molar refractivity (Wildman–Crippen MR) is 95.3 cm³/mol. The summed E-state index contributed by atoms with van der Waals surface area (Å²) < 4.78 is 12.1. The van der Waals surface area contributed by atoms with Gasteiger partial charge in [0.05, 0.1) is 19.3 Å². The first-order chi connectivity index (χ1) is 13.0. The van der Waals surface area contributed by atoms with Gasteiger partial charge in [0.15, 0.2) is 11.5 Å². The zero-order valence-electron chi connectivity index (χ0n) is 15.4. The fraction of sp³-hybridized carbons (Fsp3) is 0.389. The third kappa shape index (κ3) is 3.27. The number of likely N-dealkylation sites (tertiary alicyclic amines) is 1. The van der Waals surface area contributed by atoms with E-state index in [0.717, 1.165) is 17.7 Å². The van der Waals surface area contributed by atoms with Crippen LogP contribution < -0.4 is 4.74 Å². The number of rotatable bonds is 4. The Hall–Kier alpha value is -3.23. The summed E-state index contributed by atoms with van der Waals surface area (Å²) in [4.78, 5) is 18.9. The van der Waals surface area contributed by atoms with Gasteiger partial charge in [-0.2, -0.15) is 4.98 Å². The zero-order valence-corrected chi connectivity index (χ0v) is 15.4. The Morgan fingerprint density at radius 2 is 2.19 bits per heavy atom. The predicted octanol–water partition coefficient (Wildman–Crippen LogP) is 2.04. The molecule has 1 fully saturated rings. The number of nitrogens with zero attached hydrogens (tertiary/aromatic N) is 6. The number of aromatic nitrogens is 5. The van der Waals surface area contributed by atoms with Crippen molar-refractivity contribution in [1.82, 2.24) is 30.0 Å². The highest BCUT2D eigenvalue weighted by molar-refractivity contribution is 5.96. The first-order valence-electron chi connectivity index (χ1n) is 8.71. The van der Waals surface area contributed by atoms with E-state index in [2.05, 4.69) is 20.5 Å². The number of aryl methyl sites for hydroxylation is 2. The highest BCUT2D eigenvalue weighted by Crippen LogP contribution is 2.26. The molecule has 0 bridgehead atoms. The fourth-order valence-corrected chi connectivity index (χ4v) is 3.27. The van der Waals surface area contributed by atoms with Gasteiger partial charge in [0.25, 0.3) is 11.8 Å². The molecule has 0 spiro atoms. The van der Waals surface area contributed by atoms with Gasteiger partial charge in [-0.1, -0.05) is 10.4 Å². The quantitative estimate of drug-likeness (QED) is 0.695. The van der Waals surface area contributed by atoms with Crippen molar-refractivity contribution >= 4 is 5.91 Å². The molecule has 0 saturated carbocycles. The van der Waals surface area contributed by atoms with Crippen molar-refractivity contribution in [2.45, 2.75) is 26.3 Å². The van der Waals surface area contributed by atoms with E-state index in [1.54, 1.807) is 24.9 Å². The summed E-state index contributed by atoms with van der Waals surface area (Å²) in [6.45, 7) is 4.91. The average Bonchev–Trinajstić information content (AvgIpc) is 3.40. The highest BCUT2D eigenvalue weighted by Gasteiger charge is 2.30. The Morgan fingerprint density at radius 3 is 2.89 bits per heavy atom. The molecule has 0 radical (unpaired) electrons. The lowest BCUT2D eigenvalue weighted by Gasteiger charge is -2.18. The van der Waals surface area contributed by atoms with Crippen LogP contribution in [-0.4, -0.2) is 56.1 Å². The minimum atomic E-state index is 0.0190. The van der Waals surface area contributed by atoms with Crippen molar-refractivity contribution in [3.8, 4) is 17.3 Å². The first-order valence-corrected chi connectivity index (χ1v) is 8.71. The molecule has 27 heavy (non-hydrogen) atoms. The number of methoxy groups -OCH3 is 1. The van der Waals surface area contributed by atoms with Crippen LogP contribution in [0.25, 0.3) is 11.6 Å². The largest absolute Gasteiger partial charge is 0.497 e. The molecular formula is C18H20N6O3. The van der Waals surface area contributed by atoms with E-state index in [9.17, 15) is 4.79 Å². The molecular weight excluding hydrogens is 348 g/mol. The Balaban J connectivity index is 1.47. The van der Waals surface area contributed by atoms with Crippen molar-refractivity contribution in [3.63, 3.8) is 0 Å². The molecule has 9 nitrogen and oxygen atoms in total. The summed E-state index contributed by atoms with van der Waals surface area (Å²) >= 11 is 0. The molecule has 3 heterocycles. The number of carbonyl (C=O) groups excluding carboxylic acids is 1. The van der Waals surface area contributed by atoms with Gasteiger partial charge in [-0.3, -0.25) is 4.79 Å². The molecule has 9 heteroatoms. The molecule has 4 rings (SSSR count). The molecule has 3 aromatic rings. The van der Waals surface area contributed by atoms with E-state index in [0.29, 0.717) is 36.1 Å². The summed E-state index contributed by atoms with van der Waals surface area (Å²) in [5.74, 6) is 1.66. The summed E-state index contributed by atoms with van der Waals surface area (Å²) in [5, 5.41) is 12.0. The summed E-state index contributed by atoms with van der Waals surface area (Å²) in [6, 6.07) is 5.56. The molecule has 1 aromatic carbocycles.